The summed E-state index contributed by atoms with van der Waals surface area (Å²) in [4.78, 5) is 14.8. The fraction of sp³-hybridized carbons (Fsp3) is 0.667. The number of aryl methyl sites for hydroxylation is 1. The van der Waals surface area contributed by atoms with Crippen molar-refractivity contribution in [1.29, 1.82) is 0 Å². The number of hydrogen-bond acceptors (Lipinski definition) is 2. The van der Waals surface area contributed by atoms with E-state index < -0.39 is 0 Å². The zero-order valence-corrected chi connectivity index (χ0v) is 12.2. The number of carbonyl (C=O) groups is 1. The molecule has 19 heavy (non-hydrogen) atoms. The van der Waals surface area contributed by atoms with Crippen molar-refractivity contribution in [3.8, 4) is 0 Å². The largest absolute Gasteiger partial charge is 0.397 e. The van der Waals surface area contributed by atoms with Gasteiger partial charge in [-0.2, -0.15) is 0 Å². The lowest BCUT2D eigenvalue weighted by molar-refractivity contribution is 0.0665. The molecule has 2 rings (SSSR count). The molecule has 0 spiro atoms. The molecular weight excluding hydrogens is 238 g/mol. The van der Waals surface area contributed by atoms with E-state index in [0.717, 1.165) is 37.9 Å². The van der Waals surface area contributed by atoms with Gasteiger partial charge in [0.05, 0.1) is 5.69 Å². The Balaban J connectivity index is 2.27. The average molecular weight is 263 g/mol. The molecule has 1 aromatic rings. The van der Waals surface area contributed by atoms with Crippen molar-refractivity contribution in [3.63, 3.8) is 0 Å². The second kappa shape index (κ2) is 5.68. The van der Waals surface area contributed by atoms with Crippen LogP contribution in [0, 0.1) is 0 Å². The molecule has 0 bridgehead atoms. The fourth-order valence-corrected chi connectivity index (χ4v) is 3.11. The van der Waals surface area contributed by atoms with E-state index in [0.29, 0.717) is 17.8 Å². The lowest BCUT2D eigenvalue weighted by Crippen LogP contribution is -2.40. The molecule has 0 aliphatic carbocycles. The maximum absolute atomic E-state index is 12.8. The van der Waals surface area contributed by atoms with Crippen LogP contribution in [-0.2, 0) is 6.54 Å². The highest BCUT2D eigenvalue weighted by Gasteiger charge is 2.34. The van der Waals surface area contributed by atoms with E-state index in [2.05, 4.69) is 25.7 Å². The topological polar surface area (TPSA) is 51.3 Å². The second-order valence-corrected chi connectivity index (χ2v) is 5.55. The predicted molar refractivity (Wildman–Crippen MR) is 78.1 cm³/mol. The van der Waals surface area contributed by atoms with Crippen molar-refractivity contribution in [1.82, 2.24) is 9.47 Å². The van der Waals surface area contributed by atoms with Crippen LogP contribution in [0.15, 0.2) is 12.3 Å². The fourth-order valence-electron chi connectivity index (χ4n) is 3.11. The molecule has 0 aromatic carbocycles. The van der Waals surface area contributed by atoms with Crippen LogP contribution < -0.4 is 5.73 Å². The highest BCUT2D eigenvalue weighted by atomic mass is 16.2. The summed E-state index contributed by atoms with van der Waals surface area (Å²) in [6, 6.07) is 2.54. The lowest BCUT2D eigenvalue weighted by atomic mass is 10.1. The Morgan fingerprint density at radius 2 is 2.16 bits per heavy atom. The summed E-state index contributed by atoms with van der Waals surface area (Å²) in [5, 5.41) is 0. The number of aromatic nitrogens is 1. The number of carbonyl (C=O) groups excluding carboxylic acids is 1. The summed E-state index contributed by atoms with van der Waals surface area (Å²) in [5.74, 6) is 0.141. The van der Waals surface area contributed by atoms with Gasteiger partial charge in [0.1, 0.15) is 5.69 Å². The number of hydrogen-bond donors (Lipinski definition) is 1. The number of anilines is 1. The number of likely N-dealkylation sites (tertiary alicyclic amines) is 1. The average Bonchev–Trinajstić information content (AvgIpc) is 2.92. The van der Waals surface area contributed by atoms with Crippen molar-refractivity contribution in [2.75, 3.05) is 5.73 Å². The van der Waals surface area contributed by atoms with E-state index in [9.17, 15) is 4.79 Å². The van der Waals surface area contributed by atoms with Gasteiger partial charge >= 0.3 is 0 Å². The zero-order chi connectivity index (χ0) is 14.0. The van der Waals surface area contributed by atoms with E-state index >= 15 is 0 Å². The molecule has 1 amide bonds. The highest BCUT2D eigenvalue weighted by Crippen LogP contribution is 2.28. The smallest absolute Gasteiger partial charge is 0.271 e. The summed E-state index contributed by atoms with van der Waals surface area (Å²) in [7, 11) is 0. The van der Waals surface area contributed by atoms with Crippen LogP contribution in [0.3, 0.4) is 0 Å². The minimum atomic E-state index is 0.141. The molecule has 2 atom stereocenters. The van der Waals surface area contributed by atoms with Gasteiger partial charge in [0.2, 0.25) is 0 Å². The van der Waals surface area contributed by atoms with Crippen molar-refractivity contribution < 1.29 is 4.79 Å². The highest BCUT2D eigenvalue weighted by molar-refractivity contribution is 5.94. The number of amides is 1. The van der Waals surface area contributed by atoms with Gasteiger partial charge in [-0.1, -0.05) is 13.8 Å². The third-order valence-corrected chi connectivity index (χ3v) is 4.09. The number of nitrogens with two attached hydrogens (primary N) is 1. The van der Waals surface area contributed by atoms with Gasteiger partial charge in [0.25, 0.3) is 5.91 Å². The first-order valence-corrected chi connectivity index (χ1v) is 7.36. The van der Waals surface area contributed by atoms with Crippen LogP contribution in [0.25, 0.3) is 0 Å². The lowest BCUT2D eigenvalue weighted by Gasteiger charge is -2.28. The van der Waals surface area contributed by atoms with Gasteiger partial charge in [0.15, 0.2) is 0 Å². The van der Waals surface area contributed by atoms with Gasteiger partial charge in [-0.25, -0.2) is 0 Å². The molecular formula is C15H25N3O. The van der Waals surface area contributed by atoms with Crippen LogP contribution >= 0.6 is 0 Å². The standard InChI is InChI=1S/C15H25N3O/c1-4-8-17-10-12(16)9-14(17)15(19)18-11(3)6-7-13(18)5-2/h9-11,13H,4-8,16H2,1-3H3. The summed E-state index contributed by atoms with van der Waals surface area (Å²) >= 11 is 0. The minimum absolute atomic E-state index is 0.141. The summed E-state index contributed by atoms with van der Waals surface area (Å²) in [5.41, 5.74) is 7.28. The first kappa shape index (κ1) is 14.0. The molecule has 0 saturated carbocycles. The maximum Gasteiger partial charge on any atom is 0.271 e. The Labute approximate surface area is 115 Å². The Bertz CT molecular complexity index is 452. The molecule has 1 aliphatic rings. The van der Waals surface area contributed by atoms with E-state index in [-0.39, 0.29) is 5.91 Å². The molecule has 1 aromatic heterocycles. The first-order chi connectivity index (χ1) is 9.08. The van der Waals surface area contributed by atoms with Crippen LogP contribution in [-0.4, -0.2) is 27.5 Å². The van der Waals surface area contributed by atoms with Gasteiger partial charge in [-0.3, -0.25) is 4.79 Å². The van der Waals surface area contributed by atoms with Crippen molar-refractivity contribution in [2.24, 2.45) is 0 Å². The van der Waals surface area contributed by atoms with E-state index in [1.165, 1.54) is 0 Å². The molecule has 2 unspecified atom stereocenters. The SMILES string of the molecule is CCCn1cc(N)cc1C(=O)N1C(C)CCC1CC. The summed E-state index contributed by atoms with van der Waals surface area (Å²) < 4.78 is 2.00. The normalized spacial score (nSPS) is 23.0. The van der Waals surface area contributed by atoms with E-state index in [1.54, 1.807) is 0 Å². The maximum atomic E-state index is 12.8. The molecule has 0 radical (unpaired) electrons. The number of nitrogens with zero attached hydrogens (tertiary/aromatic N) is 2. The molecule has 106 valence electrons. The zero-order valence-electron chi connectivity index (χ0n) is 12.2. The molecule has 1 aliphatic heterocycles. The number of nitrogen functional groups attached to an aromatic ring is 1. The van der Waals surface area contributed by atoms with E-state index in [4.69, 9.17) is 5.73 Å². The quantitative estimate of drug-likeness (QED) is 0.908. The van der Waals surface area contributed by atoms with Crippen LogP contribution in [0.1, 0.15) is 56.9 Å². The summed E-state index contributed by atoms with van der Waals surface area (Å²) in [6.07, 6.45) is 6.13. The monoisotopic (exact) mass is 263 g/mol. The van der Waals surface area contributed by atoms with Gasteiger partial charge in [-0.05, 0) is 38.7 Å². The van der Waals surface area contributed by atoms with Crippen molar-refractivity contribution >= 4 is 11.6 Å². The Hall–Kier alpha value is -1.45. The van der Waals surface area contributed by atoms with E-state index in [1.807, 2.05) is 16.8 Å². The predicted octanol–water partition coefficient (Wildman–Crippen LogP) is 2.88. The third-order valence-electron chi connectivity index (χ3n) is 4.09. The van der Waals surface area contributed by atoms with Crippen LogP contribution in [0.5, 0.6) is 0 Å². The van der Waals surface area contributed by atoms with Gasteiger partial charge in [0, 0.05) is 24.8 Å². The van der Waals surface area contributed by atoms with Crippen LogP contribution in [0.2, 0.25) is 0 Å². The first-order valence-electron chi connectivity index (χ1n) is 7.36. The molecule has 1 saturated heterocycles. The molecule has 1 fully saturated rings. The van der Waals surface area contributed by atoms with Gasteiger partial charge in [-0.15, -0.1) is 0 Å². The number of rotatable bonds is 4. The third kappa shape index (κ3) is 2.62. The molecule has 4 heteroatoms. The Morgan fingerprint density at radius 3 is 2.79 bits per heavy atom. The minimum Gasteiger partial charge on any atom is -0.397 e. The Morgan fingerprint density at radius 1 is 1.42 bits per heavy atom. The molecule has 4 nitrogen and oxygen atoms in total. The van der Waals surface area contributed by atoms with Crippen LogP contribution in [0.4, 0.5) is 5.69 Å². The molecule has 2 N–H and O–H groups in total. The van der Waals surface area contributed by atoms with Crippen molar-refractivity contribution in [3.05, 3.63) is 18.0 Å². The van der Waals surface area contributed by atoms with Gasteiger partial charge < -0.3 is 15.2 Å². The Kier molecular flexibility index (Phi) is 4.17. The molecule has 2 heterocycles. The summed E-state index contributed by atoms with van der Waals surface area (Å²) in [6.45, 7) is 7.25. The second-order valence-electron chi connectivity index (χ2n) is 5.55. The van der Waals surface area contributed by atoms with Crippen molar-refractivity contribution in [2.45, 2.75) is 65.1 Å².